The van der Waals surface area contributed by atoms with E-state index in [9.17, 15) is 18.3 Å². The Morgan fingerprint density at radius 2 is 1.84 bits per heavy atom. The predicted octanol–water partition coefficient (Wildman–Crippen LogP) is 5.43. The SMILES string of the molecule is COc1ccccc1C1CCN(c2nc(C3(C(F)(F)F)CCC3)nc3ccc(N(C)CCO)cc23)CC1. The molecular weight excluding hydrogens is 481 g/mol. The standard InChI is InChI=1S/C28H33F3N4O2/c1-34(16-17-36)20-8-9-23-22(18-20)25(33-26(32-23)27(12-5-13-27)28(29,30)31)35-14-10-19(11-15-35)21-6-3-4-7-24(21)37-2/h3-4,6-9,18-19,36H,5,10-17H2,1-2H3. The van der Waals surface area contributed by atoms with Gasteiger partial charge in [-0.25, -0.2) is 9.97 Å². The smallest absolute Gasteiger partial charge is 0.401 e. The second-order valence-electron chi connectivity index (χ2n) is 10.2. The van der Waals surface area contributed by atoms with Crippen molar-refractivity contribution in [2.75, 3.05) is 50.2 Å². The summed E-state index contributed by atoms with van der Waals surface area (Å²) in [7, 11) is 3.54. The van der Waals surface area contributed by atoms with E-state index in [1.807, 2.05) is 42.3 Å². The predicted molar refractivity (Wildman–Crippen MR) is 139 cm³/mol. The Labute approximate surface area is 215 Å². The number of aromatic nitrogens is 2. The molecule has 6 nitrogen and oxygen atoms in total. The van der Waals surface area contributed by atoms with Crippen LogP contribution in [0.1, 0.15) is 49.4 Å². The molecule has 2 aliphatic rings. The molecule has 1 aliphatic heterocycles. The van der Waals surface area contributed by atoms with E-state index in [2.05, 4.69) is 20.9 Å². The Morgan fingerprint density at radius 1 is 1.11 bits per heavy atom. The summed E-state index contributed by atoms with van der Waals surface area (Å²) in [6, 6.07) is 13.6. The van der Waals surface area contributed by atoms with Crippen molar-refractivity contribution >= 4 is 22.4 Å². The summed E-state index contributed by atoms with van der Waals surface area (Å²) < 4.78 is 48.3. The van der Waals surface area contributed by atoms with Crippen molar-refractivity contribution in [3.8, 4) is 5.75 Å². The van der Waals surface area contributed by atoms with E-state index in [0.717, 1.165) is 35.2 Å². The first-order valence-electron chi connectivity index (χ1n) is 12.9. The minimum atomic E-state index is -4.39. The van der Waals surface area contributed by atoms with Gasteiger partial charge in [0.2, 0.25) is 0 Å². The van der Waals surface area contributed by atoms with E-state index in [0.29, 0.717) is 43.3 Å². The molecule has 1 saturated heterocycles. The van der Waals surface area contributed by atoms with Gasteiger partial charge < -0.3 is 19.6 Å². The molecule has 0 spiro atoms. The number of aliphatic hydroxyl groups is 1. The Bertz CT molecular complexity index is 1250. The topological polar surface area (TPSA) is 61.7 Å². The Balaban J connectivity index is 1.54. The highest BCUT2D eigenvalue weighted by Gasteiger charge is 2.61. The molecule has 37 heavy (non-hydrogen) atoms. The lowest BCUT2D eigenvalue weighted by molar-refractivity contribution is -0.215. The highest BCUT2D eigenvalue weighted by atomic mass is 19.4. The molecule has 0 amide bonds. The van der Waals surface area contributed by atoms with Gasteiger partial charge in [-0.1, -0.05) is 24.6 Å². The fourth-order valence-electron chi connectivity index (χ4n) is 5.64. The molecule has 2 fully saturated rings. The summed E-state index contributed by atoms with van der Waals surface area (Å²) in [5.74, 6) is 1.62. The molecule has 0 atom stereocenters. The van der Waals surface area contributed by atoms with Gasteiger partial charge in [0.25, 0.3) is 0 Å². The third-order valence-corrected chi connectivity index (χ3v) is 8.09. The average Bonchev–Trinajstić information content (AvgIpc) is 2.86. The lowest BCUT2D eigenvalue weighted by atomic mass is 9.67. The molecular formula is C28H33F3N4O2. The van der Waals surface area contributed by atoms with Crippen LogP contribution in [0.3, 0.4) is 0 Å². The number of halogens is 3. The number of hydrogen-bond acceptors (Lipinski definition) is 6. The van der Waals surface area contributed by atoms with Crippen molar-refractivity contribution in [1.82, 2.24) is 9.97 Å². The van der Waals surface area contributed by atoms with Crippen molar-refractivity contribution in [1.29, 1.82) is 0 Å². The van der Waals surface area contributed by atoms with Crippen LogP contribution in [-0.2, 0) is 5.41 Å². The molecule has 2 aromatic carbocycles. The van der Waals surface area contributed by atoms with Gasteiger partial charge >= 0.3 is 6.18 Å². The zero-order chi connectivity index (χ0) is 26.2. The maximum atomic E-state index is 14.2. The van der Waals surface area contributed by atoms with Crippen molar-refractivity contribution in [2.45, 2.75) is 49.6 Å². The van der Waals surface area contributed by atoms with Crippen LogP contribution < -0.4 is 14.5 Å². The van der Waals surface area contributed by atoms with Crippen LogP contribution >= 0.6 is 0 Å². The van der Waals surface area contributed by atoms with E-state index >= 15 is 0 Å². The van der Waals surface area contributed by atoms with E-state index in [4.69, 9.17) is 4.74 Å². The lowest BCUT2D eigenvalue weighted by Crippen LogP contribution is -2.49. The van der Waals surface area contributed by atoms with E-state index in [1.54, 1.807) is 13.2 Å². The van der Waals surface area contributed by atoms with Crippen molar-refractivity contribution in [3.05, 3.63) is 53.9 Å². The molecule has 1 aromatic heterocycles. The second kappa shape index (κ2) is 10.0. The Kier molecular flexibility index (Phi) is 6.91. The Morgan fingerprint density at radius 3 is 2.46 bits per heavy atom. The average molecular weight is 515 g/mol. The minimum absolute atomic E-state index is 0.00139. The number of anilines is 2. The number of rotatable bonds is 7. The van der Waals surface area contributed by atoms with E-state index in [-0.39, 0.29) is 25.3 Å². The van der Waals surface area contributed by atoms with Gasteiger partial charge in [0.05, 0.1) is 19.2 Å². The third-order valence-electron chi connectivity index (χ3n) is 8.09. The van der Waals surface area contributed by atoms with Crippen LogP contribution in [0.2, 0.25) is 0 Å². The highest BCUT2D eigenvalue weighted by Crippen LogP contribution is 2.54. The quantitative estimate of drug-likeness (QED) is 0.454. The first-order valence-corrected chi connectivity index (χ1v) is 12.9. The summed E-state index contributed by atoms with van der Waals surface area (Å²) in [6.07, 6.45) is -2.14. The second-order valence-corrected chi connectivity index (χ2v) is 10.2. The number of piperidine rings is 1. The van der Waals surface area contributed by atoms with E-state index in [1.165, 1.54) is 0 Å². The largest absolute Gasteiger partial charge is 0.496 e. The van der Waals surface area contributed by atoms with Gasteiger partial charge in [0.1, 0.15) is 22.8 Å². The first-order chi connectivity index (χ1) is 17.8. The number of alkyl halides is 3. The molecule has 1 aliphatic carbocycles. The summed E-state index contributed by atoms with van der Waals surface area (Å²) in [4.78, 5) is 13.2. The van der Waals surface area contributed by atoms with Crippen LogP contribution in [0, 0.1) is 0 Å². The van der Waals surface area contributed by atoms with Gasteiger partial charge in [0.15, 0.2) is 0 Å². The number of para-hydroxylation sites is 1. The summed E-state index contributed by atoms with van der Waals surface area (Å²) in [5, 5.41) is 10.1. The molecule has 0 bridgehead atoms. The van der Waals surface area contributed by atoms with Crippen molar-refractivity contribution in [2.24, 2.45) is 0 Å². The monoisotopic (exact) mass is 514 g/mol. The molecule has 0 unspecified atom stereocenters. The molecule has 198 valence electrons. The number of benzene rings is 2. The number of ether oxygens (including phenoxy) is 1. The minimum Gasteiger partial charge on any atom is -0.496 e. The van der Waals surface area contributed by atoms with Crippen LogP contribution in [0.25, 0.3) is 10.9 Å². The van der Waals surface area contributed by atoms with Gasteiger partial charge in [0, 0.05) is 37.8 Å². The summed E-state index contributed by atoms with van der Waals surface area (Å²) >= 11 is 0. The molecule has 3 aromatic rings. The van der Waals surface area contributed by atoms with Gasteiger partial charge in [-0.05, 0) is 61.4 Å². The molecule has 1 saturated carbocycles. The normalized spacial score (nSPS) is 18.1. The number of methoxy groups -OCH3 is 1. The van der Waals surface area contributed by atoms with Gasteiger partial charge in [-0.2, -0.15) is 13.2 Å². The molecule has 0 radical (unpaired) electrons. The van der Waals surface area contributed by atoms with Crippen molar-refractivity contribution in [3.63, 3.8) is 0 Å². The number of likely N-dealkylation sites (N-methyl/N-ethyl adjacent to an activating group) is 1. The lowest BCUT2D eigenvalue weighted by Gasteiger charge is -2.42. The van der Waals surface area contributed by atoms with Gasteiger partial charge in [-0.3, -0.25) is 0 Å². The molecule has 2 heterocycles. The summed E-state index contributed by atoms with van der Waals surface area (Å²) in [5.41, 5.74) is 0.565. The number of aliphatic hydroxyl groups excluding tert-OH is 1. The van der Waals surface area contributed by atoms with E-state index < -0.39 is 11.6 Å². The maximum absolute atomic E-state index is 14.2. The third kappa shape index (κ3) is 4.58. The molecule has 1 N–H and O–H groups in total. The molecule has 9 heteroatoms. The van der Waals surface area contributed by atoms with Crippen LogP contribution in [0.15, 0.2) is 42.5 Å². The summed E-state index contributed by atoms with van der Waals surface area (Å²) in [6.45, 7) is 1.79. The Hall–Kier alpha value is -3.07. The number of hydrogen-bond donors (Lipinski definition) is 1. The fourth-order valence-corrected chi connectivity index (χ4v) is 5.64. The van der Waals surface area contributed by atoms with Crippen molar-refractivity contribution < 1.29 is 23.0 Å². The maximum Gasteiger partial charge on any atom is 0.401 e. The number of fused-ring (bicyclic) bond motifs is 1. The molecule has 5 rings (SSSR count). The van der Waals surface area contributed by atoms with Crippen LogP contribution in [-0.4, -0.2) is 61.6 Å². The fraction of sp³-hybridized carbons (Fsp3) is 0.500. The number of nitrogens with zero attached hydrogens (tertiary/aromatic N) is 4. The van der Waals surface area contributed by atoms with Gasteiger partial charge in [-0.15, -0.1) is 0 Å². The van der Waals surface area contributed by atoms with Crippen LogP contribution in [0.4, 0.5) is 24.7 Å². The highest BCUT2D eigenvalue weighted by molar-refractivity contribution is 5.92. The van der Waals surface area contributed by atoms with Crippen LogP contribution in [0.5, 0.6) is 5.75 Å². The first kappa shape index (κ1) is 25.6. The zero-order valence-electron chi connectivity index (χ0n) is 21.3. The zero-order valence-corrected chi connectivity index (χ0v) is 21.3.